The topological polar surface area (TPSA) is 94.2 Å². The first-order chi connectivity index (χ1) is 16.2. The minimum Gasteiger partial charge on any atom is -0.463 e. The van der Waals surface area contributed by atoms with Crippen molar-refractivity contribution in [3.8, 4) is 0 Å². The summed E-state index contributed by atoms with van der Waals surface area (Å²) in [6.07, 6.45) is 0. The highest BCUT2D eigenvalue weighted by Gasteiger charge is 2.39. The molecule has 0 saturated carbocycles. The van der Waals surface area contributed by atoms with Crippen LogP contribution >= 0.6 is 23.2 Å². The number of hydrogen-bond acceptors (Lipinski definition) is 5. The molecule has 0 spiro atoms. The SMILES string of the molecule is CCNC(=O)N1CCN(CC2=C(C(=O)OCC)[C@H](c3ccc(Cl)cc3Cl)NC(=O)N2C)C[C@@H]1C. The van der Waals surface area contributed by atoms with E-state index in [1.54, 1.807) is 37.1 Å². The Labute approximate surface area is 210 Å². The van der Waals surface area contributed by atoms with Crippen LogP contribution in [0, 0.1) is 0 Å². The molecule has 2 aliphatic rings. The molecule has 34 heavy (non-hydrogen) atoms. The summed E-state index contributed by atoms with van der Waals surface area (Å²) in [7, 11) is 1.62. The summed E-state index contributed by atoms with van der Waals surface area (Å²) in [6.45, 7) is 8.43. The molecule has 2 atom stereocenters. The fourth-order valence-electron chi connectivity index (χ4n) is 4.31. The number of piperazine rings is 1. The molecule has 0 radical (unpaired) electrons. The van der Waals surface area contributed by atoms with Crippen molar-refractivity contribution >= 4 is 41.2 Å². The Balaban J connectivity index is 1.96. The highest BCUT2D eigenvalue weighted by Crippen LogP contribution is 2.36. The zero-order valence-corrected chi connectivity index (χ0v) is 21.4. The van der Waals surface area contributed by atoms with Gasteiger partial charge in [0.05, 0.1) is 18.2 Å². The molecular formula is C23H31Cl2N5O4. The zero-order valence-electron chi connectivity index (χ0n) is 19.9. The van der Waals surface area contributed by atoms with E-state index >= 15 is 0 Å². The lowest BCUT2D eigenvalue weighted by atomic mass is 9.94. The molecule has 186 valence electrons. The molecule has 2 heterocycles. The number of halogens is 2. The normalized spacial score (nSPS) is 21.4. The fourth-order valence-corrected chi connectivity index (χ4v) is 4.83. The van der Waals surface area contributed by atoms with E-state index in [1.807, 2.05) is 13.8 Å². The Morgan fingerprint density at radius 1 is 1.24 bits per heavy atom. The van der Waals surface area contributed by atoms with Crippen LogP contribution in [-0.4, -0.2) is 85.2 Å². The van der Waals surface area contributed by atoms with Crippen LogP contribution < -0.4 is 10.6 Å². The number of esters is 1. The van der Waals surface area contributed by atoms with Gasteiger partial charge >= 0.3 is 18.0 Å². The molecule has 1 saturated heterocycles. The van der Waals surface area contributed by atoms with Crippen LogP contribution in [0.15, 0.2) is 29.5 Å². The van der Waals surface area contributed by atoms with Crippen molar-refractivity contribution in [2.75, 3.05) is 46.4 Å². The molecule has 2 N–H and O–H groups in total. The third-order valence-corrected chi connectivity index (χ3v) is 6.58. The molecule has 1 aromatic rings. The van der Waals surface area contributed by atoms with E-state index in [0.29, 0.717) is 59.6 Å². The van der Waals surface area contributed by atoms with Crippen LogP contribution in [0.5, 0.6) is 0 Å². The molecule has 11 heteroatoms. The standard InChI is InChI=1S/C23H31Cl2N5O4/c1-5-26-22(32)30-10-9-29(12-14(30)3)13-18-19(21(31)34-6-2)20(27-23(33)28(18)4)16-8-7-15(24)11-17(16)25/h7-8,11,14,20H,5-6,9-10,12-13H2,1-4H3,(H,26,32)(H,27,33)/t14-,20-/m0/s1. The number of benzene rings is 1. The van der Waals surface area contributed by atoms with Gasteiger partial charge in [-0.2, -0.15) is 0 Å². The van der Waals surface area contributed by atoms with E-state index in [-0.39, 0.29) is 24.7 Å². The van der Waals surface area contributed by atoms with Gasteiger partial charge in [-0.15, -0.1) is 0 Å². The van der Waals surface area contributed by atoms with Gasteiger partial charge in [0.25, 0.3) is 0 Å². The molecule has 4 amide bonds. The molecule has 3 rings (SSSR count). The Morgan fingerprint density at radius 2 is 1.97 bits per heavy atom. The van der Waals surface area contributed by atoms with E-state index in [0.717, 1.165) is 0 Å². The second kappa shape index (κ2) is 11.3. The first-order valence-corrected chi connectivity index (χ1v) is 12.1. The molecule has 1 fully saturated rings. The van der Waals surface area contributed by atoms with E-state index < -0.39 is 12.0 Å². The summed E-state index contributed by atoms with van der Waals surface area (Å²) in [4.78, 5) is 43.7. The maximum absolute atomic E-state index is 13.1. The van der Waals surface area contributed by atoms with Crippen LogP contribution in [0.3, 0.4) is 0 Å². The lowest BCUT2D eigenvalue weighted by molar-refractivity contribution is -0.139. The number of likely N-dealkylation sites (N-methyl/N-ethyl adjacent to an activating group) is 1. The largest absolute Gasteiger partial charge is 0.463 e. The zero-order chi connectivity index (χ0) is 25.0. The Morgan fingerprint density at radius 3 is 2.59 bits per heavy atom. The number of carbonyl (C=O) groups excluding carboxylic acids is 3. The monoisotopic (exact) mass is 511 g/mol. The first kappa shape index (κ1) is 26.1. The predicted octanol–water partition coefficient (Wildman–Crippen LogP) is 3.24. The second-order valence-corrected chi connectivity index (χ2v) is 9.14. The van der Waals surface area contributed by atoms with Crippen molar-refractivity contribution < 1.29 is 19.1 Å². The third kappa shape index (κ3) is 5.59. The third-order valence-electron chi connectivity index (χ3n) is 6.02. The fraction of sp³-hybridized carbons (Fsp3) is 0.522. The van der Waals surface area contributed by atoms with Crippen molar-refractivity contribution in [2.24, 2.45) is 0 Å². The lowest BCUT2D eigenvalue weighted by Gasteiger charge is -2.42. The van der Waals surface area contributed by atoms with Crippen LogP contribution in [-0.2, 0) is 9.53 Å². The summed E-state index contributed by atoms with van der Waals surface area (Å²) in [5.41, 5.74) is 1.42. The van der Waals surface area contributed by atoms with Gasteiger partial charge in [-0.3, -0.25) is 9.80 Å². The molecule has 0 unspecified atom stereocenters. The van der Waals surface area contributed by atoms with Gasteiger partial charge in [0, 0.05) is 61.6 Å². The van der Waals surface area contributed by atoms with Gasteiger partial charge in [0.2, 0.25) is 0 Å². The Bertz CT molecular complexity index is 986. The Hall–Kier alpha value is -2.49. The van der Waals surface area contributed by atoms with Crippen LogP contribution in [0.2, 0.25) is 10.0 Å². The van der Waals surface area contributed by atoms with Gasteiger partial charge in [-0.05, 0) is 38.5 Å². The van der Waals surface area contributed by atoms with Crippen molar-refractivity contribution in [3.05, 3.63) is 45.1 Å². The quantitative estimate of drug-likeness (QED) is 0.571. The lowest BCUT2D eigenvalue weighted by Crippen LogP contribution is -2.57. The predicted molar refractivity (Wildman–Crippen MR) is 131 cm³/mol. The number of ether oxygens (including phenoxy) is 1. The highest BCUT2D eigenvalue weighted by molar-refractivity contribution is 6.35. The number of urea groups is 2. The van der Waals surface area contributed by atoms with E-state index in [1.165, 1.54) is 4.90 Å². The maximum Gasteiger partial charge on any atom is 0.338 e. The molecular weight excluding hydrogens is 481 g/mol. The highest BCUT2D eigenvalue weighted by atomic mass is 35.5. The second-order valence-electron chi connectivity index (χ2n) is 8.30. The minimum atomic E-state index is -0.781. The molecule has 2 aliphatic heterocycles. The summed E-state index contributed by atoms with van der Waals surface area (Å²) in [6, 6.07) is 3.68. The minimum absolute atomic E-state index is 0.0313. The molecule has 9 nitrogen and oxygen atoms in total. The van der Waals surface area contributed by atoms with Crippen molar-refractivity contribution in [2.45, 2.75) is 32.9 Å². The number of nitrogens with one attached hydrogen (secondary N) is 2. The van der Waals surface area contributed by atoms with Crippen molar-refractivity contribution in [1.29, 1.82) is 0 Å². The van der Waals surface area contributed by atoms with Crippen LogP contribution in [0.25, 0.3) is 0 Å². The average Bonchev–Trinajstić information content (AvgIpc) is 2.77. The summed E-state index contributed by atoms with van der Waals surface area (Å²) in [5, 5.41) is 6.50. The molecule has 1 aromatic carbocycles. The van der Waals surface area contributed by atoms with Gasteiger partial charge in [0.15, 0.2) is 0 Å². The number of carbonyl (C=O) groups is 3. The summed E-state index contributed by atoms with van der Waals surface area (Å²) in [5.74, 6) is -0.519. The number of amides is 4. The van der Waals surface area contributed by atoms with Gasteiger partial charge in [-0.25, -0.2) is 14.4 Å². The number of nitrogens with zero attached hydrogens (tertiary/aromatic N) is 3. The molecule has 0 aliphatic carbocycles. The maximum atomic E-state index is 13.1. The van der Waals surface area contributed by atoms with Crippen molar-refractivity contribution in [1.82, 2.24) is 25.3 Å². The molecule has 0 bridgehead atoms. The Kier molecular flexibility index (Phi) is 8.67. The summed E-state index contributed by atoms with van der Waals surface area (Å²) >= 11 is 12.5. The van der Waals surface area contributed by atoms with E-state index in [9.17, 15) is 14.4 Å². The first-order valence-electron chi connectivity index (χ1n) is 11.3. The van der Waals surface area contributed by atoms with Crippen LogP contribution in [0.1, 0.15) is 32.4 Å². The number of hydrogen-bond donors (Lipinski definition) is 2. The van der Waals surface area contributed by atoms with Gasteiger partial charge in [-0.1, -0.05) is 29.3 Å². The van der Waals surface area contributed by atoms with Crippen molar-refractivity contribution in [3.63, 3.8) is 0 Å². The van der Waals surface area contributed by atoms with Gasteiger partial charge in [0.1, 0.15) is 0 Å². The average molecular weight is 512 g/mol. The van der Waals surface area contributed by atoms with Gasteiger partial charge < -0.3 is 20.3 Å². The smallest absolute Gasteiger partial charge is 0.338 e. The van der Waals surface area contributed by atoms with Crippen LogP contribution in [0.4, 0.5) is 9.59 Å². The number of rotatable bonds is 6. The van der Waals surface area contributed by atoms with E-state index in [2.05, 4.69) is 15.5 Å². The molecule has 0 aromatic heterocycles. The summed E-state index contributed by atoms with van der Waals surface area (Å²) < 4.78 is 5.37. The van der Waals surface area contributed by atoms with E-state index in [4.69, 9.17) is 27.9 Å².